The van der Waals surface area contributed by atoms with Gasteiger partial charge in [0.1, 0.15) is 5.25 Å². The van der Waals surface area contributed by atoms with Gasteiger partial charge in [0, 0.05) is 25.2 Å². The van der Waals surface area contributed by atoms with Crippen molar-refractivity contribution in [1.82, 2.24) is 4.90 Å². The number of amidine groups is 1. The Morgan fingerprint density at radius 2 is 1.91 bits per heavy atom. The summed E-state index contributed by atoms with van der Waals surface area (Å²) in [5.41, 5.74) is 1.88. The van der Waals surface area contributed by atoms with Crippen LogP contribution >= 0.6 is 11.8 Å². The summed E-state index contributed by atoms with van der Waals surface area (Å²) in [6.07, 6.45) is 0.144. The van der Waals surface area contributed by atoms with Crippen molar-refractivity contribution >= 4 is 34.4 Å². The van der Waals surface area contributed by atoms with E-state index in [0.717, 1.165) is 29.5 Å². The van der Waals surface area contributed by atoms with E-state index in [4.69, 9.17) is 0 Å². The molecule has 0 radical (unpaired) electrons. The van der Waals surface area contributed by atoms with Gasteiger partial charge in [-0.2, -0.15) is 4.99 Å². The molecule has 0 spiro atoms. The molecule has 0 aliphatic carbocycles. The van der Waals surface area contributed by atoms with Gasteiger partial charge in [-0.15, -0.1) is 0 Å². The standard InChI is InChI=1S/C16H21N3O2S/c1-4-19(5-2)16-18-15(21)13(22-16)10-14(20)17-12-8-6-11(3)7-9-12/h6-9,13H,4-5,10H2,1-3H3,(H,17,20)/t13-/m0/s1. The predicted molar refractivity (Wildman–Crippen MR) is 91.2 cm³/mol. The molecular weight excluding hydrogens is 298 g/mol. The van der Waals surface area contributed by atoms with Crippen molar-refractivity contribution < 1.29 is 9.59 Å². The molecule has 5 nitrogen and oxygen atoms in total. The number of aryl methyl sites for hydroxylation is 1. The molecule has 0 unspecified atom stereocenters. The molecule has 1 aromatic rings. The molecule has 2 rings (SSSR count). The Bertz CT molecular complexity index is 580. The highest BCUT2D eigenvalue weighted by Gasteiger charge is 2.32. The average Bonchev–Trinajstić information content (AvgIpc) is 2.84. The van der Waals surface area contributed by atoms with Gasteiger partial charge in [0.25, 0.3) is 5.91 Å². The van der Waals surface area contributed by atoms with E-state index in [1.165, 1.54) is 11.8 Å². The number of amides is 2. The second-order valence-electron chi connectivity index (χ2n) is 5.13. The normalized spacial score (nSPS) is 17.3. The van der Waals surface area contributed by atoms with Gasteiger partial charge in [-0.05, 0) is 32.9 Å². The van der Waals surface area contributed by atoms with Crippen molar-refractivity contribution in [2.75, 3.05) is 18.4 Å². The lowest BCUT2D eigenvalue weighted by atomic mass is 10.2. The first-order valence-corrected chi connectivity index (χ1v) is 8.32. The summed E-state index contributed by atoms with van der Waals surface area (Å²) in [7, 11) is 0. The Hall–Kier alpha value is -1.82. The van der Waals surface area contributed by atoms with E-state index in [1.54, 1.807) is 0 Å². The van der Waals surface area contributed by atoms with Crippen LogP contribution in [-0.4, -0.2) is 40.2 Å². The van der Waals surface area contributed by atoms with Gasteiger partial charge >= 0.3 is 0 Å². The largest absolute Gasteiger partial charge is 0.352 e. The highest BCUT2D eigenvalue weighted by Crippen LogP contribution is 2.27. The first kappa shape index (κ1) is 16.5. The number of anilines is 1. The lowest BCUT2D eigenvalue weighted by molar-refractivity contribution is -0.121. The highest BCUT2D eigenvalue weighted by molar-refractivity contribution is 8.15. The number of benzene rings is 1. The molecule has 1 atom stereocenters. The monoisotopic (exact) mass is 319 g/mol. The Kier molecular flexibility index (Phi) is 5.60. The van der Waals surface area contributed by atoms with Gasteiger partial charge in [0.15, 0.2) is 5.17 Å². The minimum Gasteiger partial charge on any atom is -0.352 e. The molecule has 1 heterocycles. The van der Waals surface area contributed by atoms with Gasteiger partial charge in [-0.25, -0.2) is 0 Å². The molecule has 2 amide bonds. The summed E-state index contributed by atoms with van der Waals surface area (Å²) in [5.74, 6) is -0.378. The molecule has 0 fully saturated rings. The van der Waals surface area contributed by atoms with Crippen LogP contribution < -0.4 is 5.32 Å². The summed E-state index contributed by atoms with van der Waals surface area (Å²) in [6.45, 7) is 7.64. The smallest absolute Gasteiger partial charge is 0.262 e. The zero-order chi connectivity index (χ0) is 16.1. The molecule has 118 valence electrons. The number of hydrogen-bond acceptors (Lipinski definition) is 4. The van der Waals surface area contributed by atoms with E-state index in [-0.39, 0.29) is 18.2 Å². The van der Waals surface area contributed by atoms with Gasteiger partial charge in [0.05, 0.1) is 0 Å². The lowest BCUT2D eigenvalue weighted by Crippen LogP contribution is -2.27. The first-order chi connectivity index (χ1) is 10.5. The molecule has 0 saturated carbocycles. The maximum atomic E-state index is 12.1. The quantitative estimate of drug-likeness (QED) is 0.906. The van der Waals surface area contributed by atoms with Crippen molar-refractivity contribution in [3.63, 3.8) is 0 Å². The molecule has 22 heavy (non-hydrogen) atoms. The van der Waals surface area contributed by atoms with Crippen LogP contribution in [0.25, 0.3) is 0 Å². The number of nitrogens with zero attached hydrogens (tertiary/aromatic N) is 2. The summed E-state index contributed by atoms with van der Waals surface area (Å²) in [5, 5.41) is 3.13. The third-order valence-corrected chi connectivity index (χ3v) is 4.68. The molecular formula is C16H21N3O2S. The van der Waals surface area contributed by atoms with Gasteiger partial charge in [-0.1, -0.05) is 29.5 Å². The third-order valence-electron chi connectivity index (χ3n) is 3.47. The topological polar surface area (TPSA) is 61.8 Å². The predicted octanol–water partition coefficient (Wildman–Crippen LogP) is 2.66. The summed E-state index contributed by atoms with van der Waals surface area (Å²) < 4.78 is 0. The number of thioether (sulfide) groups is 1. The highest BCUT2D eigenvalue weighted by atomic mass is 32.2. The van der Waals surface area contributed by atoms with Crippen molar-refractivity contribution in [3.05, 3.63) is 29.8 Å². The minimum atomic E-state index is -0.416. The van der Waals surface area contributed by atoms with E-state index in [9.17, 15) is 9.59 Å². The minimum absolute atomic E-state index is 0.144. The molecule has 1 aromatic carbocycles. The van der Waals surface area contributed by atoms with E-state index >= 15 is 0 Å². The molecule has 0 aromatic heterocycles. The molecule has 1 aliphatic heterocycles. The lowest BCUT2D eigenvalue weighted by Gasteiger charge is -2.19. The van der Waals surface area contributed by atoms with Crippen LogP contribution in [0.4, 0.5) is 5.69 Å². The maximum absolute atomic E-state index is 12.1. The number of nitrogens with one attached hydrogen (secondary N) is 1. The number of hydrogen-bond donors (Lipinski definition) is 1. The fourth-order valence-electron chi connectivity index (χ4n) is 2.16. The molecule has 1 aliphatic rings. The van der Waals surface area contributed by atoms with Crippen molar-refractivity contribution in [1.29, 1.82) is 0 Å². The van der Waals surface area contributed by atoms with Crippen LogP contribution in [-0.2, 0) is 9.59 Å². The Balaban J connectivity index is 1.90. The van der Waals surface area contributed by atoms with Gasteiger partial charge in [0.2, 0.25) is 5.91 Å². The van der Waals surface area contributed by atoms with Crippen molar-refractivity contribution in [3.8, 4) is 0 Å². The van der Waals surface area contributed by atoms with Crippen molar-refractivity contribution in [2.24, 2.45) is 4.99 Å². The van der Waals surface area contributed by atoms with E-state index in [2.05, 4.69) is 10.3 Å². The van der Waals surface area contributed by atoms with E-state index in [0.29, 0.717) is 0 Å². The number of carbonyl (C=O) groups is 2. The zero-order valence-electron chi connectivity index (χ0n) is 13.1. The third kappa shape index (κ3) is 4.10. The number of aliphatic imine (C=N–C) groups is 1. The second-order valence-corrected chi connectivity index (χ2v) is 6.30. The summed E-state index contributed by atoms with van der Waals surface area (Å²) >= 11 is 1.38. The number of rotatable bonds is 5. The van der Waals surface area contributed by atoms with Crippen LogP contribution in [0.15, 0.2) is 29.3 Å². The second kappa shape index (κ2) is 7.45. The first-order valence-electron chi connectivity index (χ1n) is 7.44. The van der Waals surface area contributed by atoms with Crippen molar-refractivity contribution in [2.45, 2.75) is 32.4 Å². The van der Waals surface area contributed by atoms with Crippen LogP contribution in [0.5, 0.6) is 0 Å². The summed E-state index contributed by atoms with van der Waals surface area (Å²) in [6, 6.07) is 7.59. The fourth-order valence-corrected chi connectivity index (χ4v) is 3.35. The number of carbonyl (C=O) groups excluding carboxylic acids is 2. The van der Waals surface area contributed by atoms with Crippen LogP contribution in [0, 0.1) is 6.92 Å². The van der Waals surface area contributed by atoms with Gasteiger partial charge in [-0.3, -0.25) is 9.59 Å². The Morgan fingerprint density at radius 3 is 2.50 bits per heavy atom. The van der Waals surface area contributed by atoms with Crippen LogP contribution in [0.3, 0.4) is 0 Å². The molecule has 0 saturated heterocycles. The zero-order valence-corrected chi connectivity index (χ0v) is 13.9. The maximum Gasteiger partial charge on any atom is 0.262 e. The van der Waals surface area contributed by atoms with E-state index < -0.39 is 5.25 Å². The average molecular weight is 319 g/mol. The van der Waals surface area contributed by atoms with Crippen LogP contribution in [0.1, 0.15) is 25.8 Å². The van der Waals surface area contributed by atoms with E-state index in [1.807, 2.05) is 49.9 Å². The molecule has 0 bridgehead atoms. The molecule has 6 heteroatoms. The Labute approximate surface area is 135 Å². The van der Waals surface area contributed by atoms with Crippen LogP contribution in [0.2, 0.25) is 0 Å². The van der Waals surface area contributed by atoms with Gasteiger partial charge < -0.3 is 10.2 Å². The summed E-state index contributed by atoms with van der Waals surface area (Å²) in [4.78, 5) is 30.1. The fraction of sp³-hybridized carbons (Fsp3) is 0.438. The Morgan fingerprint density at radius 1 is 1.27 bits per heavy atom. The SMILES string of the molecule is CCN(CC)C1=NC(=O)[C@H](CC(=O)Nc2ccc(C)cc2)S1. The molecule has 1 N–H and O–H groups in total.